The molecule has 0 aliphatic heterocycles. The Morgan fingerprint density at radius 1 is 1.14 bits per heavy atom. The van der Waals surface area contributed by atoms with Crippen LogP contribution in [0.25, 0.3) is 10.9 Å². The van der Waals surface area contributed by atoms with Crippen molar-refractivity contribution in [3.63, 3.8) is 0 Å². The van der Waals surface area contributed by atoms with E-state index < -0.39 is 0 Å². The number of rotatable bonds is 6. The lowest BCUT2D eigenvalue weighted by Gasteiger charge is -2.03. The minimum absolute atomic E-state index is 0.983. The van der Waals surface area contributed by atoms with Gasteiger partial charge in [-0.2, -0.15) is 0 Å². The average Bonchev–Trinajstić information content (AvgIpc) is 2.53. The van der Waals surface area contributed by atoms with Crippen molar-refractivity contribution in [2.45, 2.75) is 33.1 Å². The van der Waals surface area contributed by atoms with Gasteiger partial charge in [0.15, 0.2) is 0 Å². The molecule has 0 saturated carbocycles. The second-order valence-electron chi connectivity index (χ2n) is 5.31. The van der Waals surface area contributed by atoms with Gasteiger partial charge < -0.3 is 0 Å². The number of hydrogen-bond acceptors (Lipinski definition) is 1. The largest absolute Gasteiger partial charge is 0.253 e. The zero-order valence-corrected chi connectivity index (χ0v) is 13.0. The minimum Gasteiger partial charge on any atom is -0.253 e. The summed E-state index contributed by atoms with van der Waals surface area (Å²) < 4.78 is 0. The molecule has 0 spiro atoms. The molecule has 0 N–H and O–H groups in total. The fourth-order valence-corrected chi connectivity index (χ4v) is 2.24. The molecule has 2 rings (SSSR count). The maximum atomic E-state index is 4.72. The van der Waals surface area contributed by atoms with Crippen LogP contribution in [-0.2, 0) is 6.42 Å². The lowest BCUT2D eigenvalue weighted by Crippen LogP contribution is -1.91. The van der Waals surface area contributed by atoms with E-state index in [1.165, 1.54) is 16.5 Å². The zero-order valence-electron chi connectivity index (χ0n) is 13.0. The molecule has 0 fully saturated rings. The predicted octanol–water partition coefficient (Wildman–Crippen LogP) is 5.64. The summed E-state index contributed by atoms with van der Waals surface area (Å²) >= 11 is 0. The van der Waals surface area contributed by atoms with Crippen LogP contribution in [0, 0.1) is 0 Å². The van der Waals surface area contributed by atoms with Crippen LogP contribution in [0.3, 0.4) is 0 Å². The van der Waals surface area contributed by atoms with Gasteiger partial charge in [0.2, 0.25) is 0 Å². The number of allylic oxidation sites excluding steroid dienone is 5. The number of para-hydroxylation sites is 1. The van der Waals surface area contributed by atoms with Crippen LogP contribution in [0.1, 0.15) is 32.4 Å². The molecule has 0 atom stereocenters. The lowest BCUT2D eigenvalue weighted by atomic mass is 10.1. The highest BCUT2D eigenvalue weighted by molar-refractivity contribution is 5.78. The van der Waals surface area contributed by atoms with Crippen LogP contribution in [0.4, 0.5) is 0 Å². The number of aryl methyl sites for hydroxylation is 1. The molecule has 108 valence electrons. The summed E-state index contributed by atoms with van der Waals surface area (Å²) in [6.07, 6.45) is 9.33. The van der Waals surface area contributed by atoms with E-state index in [1.54, 1.807) is 0 Å². The number of pyridine rings is 1. The molecule has 0 unspecified atom stereocenters. The maximum Gasteiger partial charge on any atom is 0.0705 e. The van der Waals surface area contributed by atoms with Crippen molar-refractivity contribution in [3.05, 3.63) is 78.0 Å². The van der Waals surface area contributed by atoms with Crippen LogP contribution in [-0.4, -0.2) is 4.98 Å². The number of benzene rings is 1. The molecule has 1 heteroatoms. The first-order valence-corrected chi connectivity index (χ1v) is 7.56. The normalized spacial score (nSPS) is 12.7. The molecule has 0 aliphatic rings. The van der Waals surface area contributed by atoms with Gasteiger partial charge in [0.05, 0.1) is 5.52 Å². The molecular weight excluding hydrogens is 254 g/mol. The number of aromatic nitrogens is 1. The molecule has 0 radical (unpaired) electrons. The van der Waals surface area contributed by atoms with Crippen LogP contribution in [0.2, 0.25) is 0 Å². The van der Waals surface area contributed by atoms with E-state index in [0.717, 1.165) is 30.5 Å². The summed E-state index contributed by atoms with van der Waals surface area (Å²) in [6.45, 7) is 8.15. The van der Waals surface area contributed by atoms with E-state index in [2.05, 4.69) is 56.8 Å². The van der Waals surface area contributed by atoms with E-state index in [1.807, 2.05) is 18.2 Å². The van der Waals surface area contributed by atoms with Crippen molar-refractivity contribution < 1.29 is 0 Å². The van der Waals surface area contributed by atoms with Gasteiger partial charge in [-0.05, 0) is 43.9 Å². The zero-order chi connectivity index (χ0) is 15.1. The number of fused-ring (bicyclic) bond motifs is 1. The summed E-state index contributed by atoms with van der Waals surface area (Å²) in [5.74, 6) is 0. The highest BCUT2D eigenvalue weighted by Crippen LogP contribution is 2.14. The highest BCUT2D eigenvalue weighted by atomic mass is 14.7. The number of nitrogens with zero attached hydrogens (tertiary/aromatic N) is 1. The van der Waals surface area contributed by atoms with Crippen LogP contribution >= 0.6 is 0 Å². The van der Waals surface area contributed by atoms with Gasteiger partial charge in [-0.25, -0.2) is 0 Å². The fraction of sp³-hybridized carbons (Fsp3) is 0.250. The van der Waals surface area contributed by atoms with E-state index in [9.17, 15) is 0 Å². The first kappa shape index (κ1) is 15.2. The Bertz CT molecular complexity index is 677. The van der Waals surface area contributed by atoms with Gasteiger partial charge in [0, 0.05) is 11.1 Å². The second-order valence-corrected chi connectivity index (χ2v) is 5.31. The van der Waals surface area contributed by atoms with Crippen LogP contribution < -0.4 is 0 Å². The van der Waals surface area contributed by atoms with Crippen LogP contribution in [0.15, 0.2) is 72.4 Å². The summed E-state index contributed by atoms with van der Waals surface area (Å²) in [7, 11) is 0. The topological polar surface area (TPSA) is 12.9 Å². The van der Waals surface area contributed by atoms with E-state index in [4.69, 9.17) is 4.98 Å². The molecular formula is C20H23N. The molecule has 0 aliphatic carbocycles. The lowest BCUT2D eigenvalue weighted by molar-refractivity contribution is 0.907. The van der Waals surface area contributed by atoms with Gasteiger partial charge >= 0.3 is 0 Å². The molecule has 1 nitrogen and oxygen atoms in total. The van der Waals surface area contributed by atoms with Crippen molar-refractivity contribution >= 4 is 10.9 Å². The molecule has 0 bridgehead atoms. The fourth-order valence-electron chi connectivity index (χ4n) is 2.24. The van der Waals surface area contributed by atoms with Gasteiger partial charge in [-0.1, -0.05) is 61.6 Å². The Morgan fingerprint density at radius 2 is 1.95 bits per heavy atom. The molecule has 0 amide bonds. The van der Waals surface area contributed by atoms with Crippen molar-refractivity contribution in [2.75, 3.05) is 0 Å². The van der Waals surface area contributed by atoms with E-state index in [0.29, 0.717) is 0 Å². The third kappa shape index (κ3) is 4.42. The second kappa shape index (κ2) is 7.58. The Balaban J connectivity index is 2.02. The van der Waals surface area contributed by atoms with Gasteiger partial charge in [0.1, 0.15) is 0 Å². The molecule has 2 aromatic rings. The van der Waals surface area contributed by atoms with Gasteiger partial charge in [-0.3, -0.25) is 4.98 Å². The monoisotopic (exact) mass is 277 g/mol. The quantitative estimate of drug-likeness (QED) is 0.623. The summed E-state index contributed by atoms with van der Waals surface area (Å²) in [6, 6.07) is 12.5. The summed E-state index contributed by atoms with van der Waals surface area (Å²) in [4.78, 5) is 4.72. The Hall–Kier alpha value is -2.15. The number of hydrogen-bond donors (Lipinski definition) is 0. The van der Waals surface area contributed by atoms with Gasteiger partial charge in [-0.15, -0.1) is 0 Å². The predicted molar refractivity (Wildman–Crippen MR) is 92.4 cm³/mol. The standard InChI is InChI=1S/C20H23N/c1-4-17(5-2)12-10-16(3)11-14-19-15-13-18-8-6-7-9-20(18)21-19/h4,6-10,12-13,15H,1,5,11,14H2,2-3H3/b16-10+,17-12+. The third-order valence-electron chi connectivity index (χ3n) is 3.68. The molecule has 0 saturated heterocycles. The first-order chi connectivity index (χ1) is 10.2. The van der Waals surface area contributed by atoms with Crippen molar-refractivity contribution in [1.82, 2.24) is 4.98 Å². The highest BCUT2D eigenvalue weighted by Gasteiger charge is 1.99. The first-order valence-electron chi connectivity index (χ1n) is 7.56. The molecule has 1 aromatic carbocycles. The smallest absolute Gasteiger partial charge is 0.0705 e. The van der Waals surface area contributed by atoms with E-state index in [-0.39, 0.29) is 0 Å². The van der Waals surface area contributed by atoms with Gasteiger partial charge in [0.25, 0.3) is 0 Å². The summed E-state index contributed by atoms with van der Waals surface area (Å²) in [5, 5.41) is 1.20. The average molecular weight is 277 g/mol. The Kier molecular flexibility index (Phi) is 5.51. The van der Waals surface area contributed by atoms with Crippen LogP contribution in [0.5, 0.6) is 0 Å². The van der Waals surface area contributed by atoms with E-state index >= 15 is 0 Å². The van der Waals surface area contributed by atoms with Crippen molar-refractivity contribution in [3.8, 4) is 0 Å². The third-order valence-corrected chi connectivity index (χ3v) is 3.68. The Morgan fingerprint density at radius 3 is 2.71 bits per heavy atom. The molecule has 21 heavy (non-hydrogen) atoms. The SMILES string of the molecule is C=C/C(=C\C=C(/C)CCc1ccc2ccccc2n1)CC. The Labute approximate surface area is 127 Å². The maximum absolute atomic E-state index is 4.72. The minimum atomic E-state index is 0.983. The molecule has 1 heterocycles. The van der Waals surface area contributed by atoms with Crippen molar-refractivity contribution in [2.24, 2.45) is 0 Å². The van der Waals surface area contributed by atoms with Crippen molar-refractivity contribution in [1.29, 1.82) is 0 Å². The summed E-state index contributed by atoms with van der Waals surface area (Å²) in [5.41, 5.74) is 4.89. The molecule has 1 aromatic heterocycles.